The molecule has 0 radical (unpaired) electrons. The number of carbonyl (C=O) groups is 1. The van der Waals surface area contributed by atoms with Crippen LogP contribution in [-0.4, -0.2) is 55.8 Å². The summed E-state index contributed by atoms with van der Waals surface area (Å²) < 4.78 is 42.0. The lowest BCUT2D eigenvalue weighted by atomic mass is 10.2. The van der Waals surface area contributed by atoms with Gasteiger partial charge in [-0.3, -0.25) is 4.79 Å². The van der Waals surface area contributed by atoms with Gasteiger partial charge in [-0.1, -0.05) is 11.6 Å². The molecule has 1 aromatic rings. The molecule has 7 nitrogen and oxygen atoms in total. The Morgan fingerprint density at radius 1 is 1.35 bits per heavy atom. The van der Waals surface area contributed by atoms with Gasteiger partial charge in [0.25, 0.3) is 16.1 Å². The molecular weight excluding hydrogens is 349 g/mol. The van der Waals surface area contributed by atoms with E-state index in [1.54, 1.807) is 6.92 Å². The molecule has 0 aromatic heterocycles. The van der Waals surface area contributed by atoms with Crippen molar-refractivity contribution in [3.05, 3.63) is 29.0 Å². The summed E-state index contributed by atoms with van der Waals surface area (Å²) in [6.45, 7) is 2.26. The Bertz CT molecular complexity index is 692. The van der Waals surface area contributed by atoms with Crippen molar-refractivity contribution in [1.82, 2.24) is 9.21 Å². The highest BCUT2D eigenvalue weighted by Gasteiger charge is 2.29. The zero-order valence-corrected chi connectivity index (χ0v) is 14.0. The SMILES string of the molecule is C[C@H](Oc1ccc(F)cc1Cl)C(=O)N1CCN(S(N)(=O)=O)CC1. The molecule has 2 rings (SSSR count). The molecule has 1 heterocycles. The predicted molar refractivity (Wildman–Crippen MR) is 82.8 cm³/mol. The van der Waals surface area contributed by atoms with Gasteiger partial charge in [-0.05, 0) is 25.1 Å². The average molecular weight is 366 g/mol. The number of rotatable bonds is 4. The molecule has 1 amide bonds. The number of halogens is 2. The highest BCUT2D eigenvalue weighted by atomic mass is 35.5. The molecule has 0 aliphatic carbocycles. The molecule has 0 saturated carbocycles. The van der Waals surface area contributed by atoms with E-state index in [-0.39, 0.29) is 42.9 Å². The third-order valence-corrected chi connectivity index (χ3v) is 4.84. The standard InChI is InChI=1S/C13H17ClFN3O4S/c1-9(22-12-3-2-10(15)8-11(12)14)13(19)17-4-6-18(7-5-17)23(16,20)21/h2-3,8-9H,4-7H2,1H3,(H2,16,20,21)/t9-/m0/s1. The molecule has 1 aliphatic rings. The number of hydrogen-bond acceptors (Lipinski definition) is 4. The quantitative estimate of drug-likeness (QED) is 0.845. The molecule has 10 heteroatoms. The van der Waals surface area contributed by atoms with Crippen LogP contribution in [-0.2, 0) is 15.0 Å². The first kappa shape index (κ1) is 17.9. The minimum absolute atomic E-state index is 0.0729. The van der Waals surface area contributed by atoms with Crippen molar-refractivity contribution in [1.29, 1.82) is 0 Å². The molecule has 128 valence electrons. The lowest BCUT2D eigenvalue weighted by Crippen LogP contribution is -2.54. The van der Waals surface area contributed by atoms with E-state index in [9.17, 15) is 17.6 Å². The monoisotopic (exact) mass is 365 g/mol. The maximum absolute atomic E-state index is 13.0. The first-order valence-corrected chi connectivity index (χ1v) is 8.75. The van der Waals surface area contributed by atoms with Crippen molar-refractivity contribution in [3.63, 3.8) is 0 Å². The van der Waals surface area contributed by atoms with Gasteiger partial charge in [0.05, 0.1) is 5.02 Å². The van der Waals surface area contributed by atoms with Gasteiger partial charge < -0.3 is 9.64 Å². The van der Waals surface area contributed by atoms with Crippen LogP contribution in [0.25, 0.3) is 0 Å². The van der Waals surface area contributed by atoms with E-state index in [0.717, 1.165) is 10.4 Å². The van der Waals surface area contributed by atoms with Crippen molar-refractivity contribution in [2.45, 2.75) is 13.0 Å². The third kappa shape index (κ3) is 4.54. The molecule has 23 heavy (non-hydrogen) atoms. The third-order valence-electron chi connectivity index (χ3n) is 3.46. The first-order valence-electron chi connectivity index (χ1n) is 6.87. The van der Waals surface area contributed by atoms with E-state index in [1.807, 2.05) is 0 Å². The molecule has 0 unspecified atom stereocenters. The topological polar surface area (TPSA) is 92.9 Å². The molecule has 0 spiro atoms. The van der Waals surface area contributed by atoms with Crippen molar-refractivity contribution >= 4 is 27.7 Å². The number of carbonyl (C=O) groups excluding carboxylic acids is 1. The second kappa shape index (κ2) is 7.00. The van der Waals surface area contributed by atoms with E-state index in [2.05, 4.69) is 0 Å². The number of ether oxygens (including phenoxy) is 1. The summed E-state index contributed by atoms with van der Waals surface area (Å²) in [6.07, 6.45) is -0.834. The first-order chi connectivity index (χ1) is 10.7. The smallest absolute Gasteiger partial charge is 0.277 e. The van der Waals surface area contributed by atoms with Crippen LogP contribution in [0.15, 0.2) is 18.2 Å². The second-order valence-corrected chi connectivity index (χ2v) is 7.06. The van der Waals surface area contributed by atoms with Gasteiger partial charge in [-0.2, -0.15) is 12.7 Å². The van der Waals surface area contributed by atoms with Crippen LogP contribution in [0.1, 0.15) is 6.92 Å². The van der Waals surface area contributed by atoms with Gasteiger partial charge in [0, 0.05) is 26.2 Å². The zero-order valence-electron chi connectivity index (χ0n) is 12.4. The minimum atomic E-state index is -3.74. The highest BCUT2D eigenvalue weighted by molar-refractivity contribution is 7.86. The van der Waals surface area contributed by atoms with Crippen molar-refractivity contribution in [2.24, 2.45) is 5.14 Å². The minimum Gasteiger partial charge on any atom is -0.479 e. The molecule has 1 aromatic carbocycles. The lowest BCUT2D eigenvalue weighted by molar-refractivity contribution is -0.139. The number of benzene rings is 1. The van der Waals surface area contributed by atoms with Gasteiger partial charge in [-0.25, -0.2) is 9.53 Å². The summed E-state index contributed by atoms with van der Waals surface area (Å²) in [5.41, 5.74) is 0. The Labute approximate surface area is 138 Å². The molecule has 1 atom stereocenters. The van der Waals surface area contributed by atoms with E-state index < -0.39 is 22.1 Å². The normalized spacial score (nSPS) is 17.8. The number of nitrogens with zero attached hydrogens (tertiary/aromatic N) is 2. The number of hydrogen-bond donors (Lipinski definition) is 1. The molecular formula is C13H17ClFN3O4S. The van der Waals surface area contributed by atoms with Crippen LogP contribution in [0, 0.1) is 5.82 Å². The number of nitrogens with two attached hydrogens (primary N) is 1. The summed E-state index contributed by atoms with van der Waals surface area (Å²) in [6, 6.07) is 3.63. The van der Waals surface area contributed by atoms with Crippen LogP contribution >= 0.6 is 11.6 Å². The zero-order chi connectivity index (χ0) is 17.2. The van der Waals surface area contributed by atoms with Crippen molar-refractivity contribution in [2.75, 3.05) is 26.2 Å². The van der Waals surface area contributed by atoms with Gasteiger partial charge in [0.15, 0.2) is 6.10 Å². The Balaban J connectivity index is 1.95. The number of piperazine rings is 1. The average Bonchev–Trinajstić information content (AvgIpc) is 2.48. The van der Waals surface area contributed by atoms with Gasteiger partial charge in [0.1, 0.15) is 11.6 Å². The van der Waals surface area contributed by atoms with Gasteiger partial charge in [0.2, 0.25) is 0 Å². The Kier molecular flexibility index (Phi) is 5.45. The van der Waals surface area contributed by atoms with Crippen LogP contribution in [0.2, 0.25) is 5.02 Å². The van der Waals surface area contributed by atoms with Crippen molar-refractivity contribution in [3.8, 4) is 5.75 Å². The summed E-state index contributed by atoms with van der Waals surface area (Å²) in [5, 5.41) is 5.12. The molecule has 1 saturated heterocycles. The van der Waals surface area contributed by atoms with Crippen molar-refractivity contribution < 1.29 is 22.3 Å². The van der Waals surface area contributed by atoms with E-state index >= 15 is 0 Å². The van der Waals surface area contributed by atoms with Crippen LogP contribution < -0.4 is 9.88 Å². The maximum atomic E-state index is 13.0. The Morgan fingerprint density at radius 2 is 1.96 bits per heavy atom. The fourth-order valence-electron chi connectivity index (χ4n) is 2.23. The largest absolute Gasteiger partial charge is 0.479 e. The lowest BCUT2D eigenvalue weighted by Gasteiger charge is -2.34. The van der Waals surface area contributed by atoms with Crippen LogP contribution in [0.5, 0.6) is 5.75 Å². The van der Waals surface area contributed by atoms with E-state index in [4.69, 9.17) is 21.5 Å². The summed E-state index contributed by atoms with van der Waals surface area (Å²) >= 11 is 5.86. The Hall–Kier alpha value is -1.42. The van der Waals surface area contributed by atoms with E-state index in [0.29, 0.717) is 0 Å². The fourth-order valence-corrected chi connectivity index (χ4v) is 3.12. The fraction of sp³-hybridized carbons (Fsp3) is 0.462. The predicted octanol–water partition coefficient (Wildman–Crippen LogP) is 0.594. The molecule has 0 bridgehead atoms. The molecule has 1 aliphatic heterocycles. The Morgan fingerprint density at radius 3 is 2.48 bits per heavy atom. The van der Waals surface area contributed by atoms with Crippen LogP contribution in [0.4, 0.5) is 4.39 Å². The highest BCUT2D eigenvalue weighted by Crippen LogP contribution is 2.26. The number of amides is 1. The van der Waals surface area contributed by atoms with Gasteiger partial charge in [-0.15, -0.1) is 0 Å². The van der Waals surface area contributed by atoms with Gasteiger partial charge >= 0.3 is 0 Å². The molecule has 1 fully saturated rings. The summed E-state index contributed by atoms with van der Waals surface area (Å²) in [4.78, 5) is 13.8. The van der Waals surface area contributed by atoms with Crippen LogP contribution in [0.3, 0.4) is 0 Å². The summed E-state index contributed by atoms with van der Waals surface area (Å²) in [5.74, 6) is -0.600. The second-order valence-electron chi connectivity index (χ2n) is 5.10. The van der Waals surface area contributed by atoms with E-state index in [1.165, 1.54) is 17.0 Å². The maximum Gasteiger partial charge on any atom is 0.277 e. The summed E-state index contributed by atoms with van der Waals surface area (Å²) in [7, 11) is -3.74. The molecule has 2 N–H and O–H groups in total.